The first-order valence-electron chi connectivity index (χ1n) is 6.67. The Morgan fingerprint density at radius 2 is 1.95 bits per heavy atom. The van der Waals surface area contributed by atoms with Gasteiger partial charge in [-0.3, -0.25) is 4.79 Å². The van der Waals surface area contributed by atoms with Crippen LogP contribution in [0.15, 0.2) is 24.3 Å². The lowest BCUT2D eigenvalue weighted by Gasteiger charge is -2.06. The molecule has 1 aliphatic heterocycles. The van der Waals surface area contributed by atoms with Crippen LogP contribution in [0.25, 0.3) is 0 Å². The maximum absolute atomic E-state index is 10.4. The van der Waals surface area contributed by atoms with Gasteiger partial charge in [0.1, 0.15) is 24.7 Å². The van der Waals surface area contributed by atoms with Crippen LogP contribution in [0.1, 0.15) is 24.2 Å². The maximum Gasteiger partial charge on any atom is 0.150 e. The van der Waals surface area contributed by atoms with Crippen molar-refractivity contribution in [2.24, 2.45) is 0 Å². The Balaban J connectivity index is 0.000000444. The summed E-state index contributed by atoms with van der Waals surface area (Å²) in [4.78, 5) is 10.4. The fourth-order valence-corrected chi connectivity index (χ4v) is 1.24. The van der Waals surface area contributed by atoms with Gasteiger partial charge in [0.2, 0.25) is 0 Å². The maximum atomic E-state index is 10.4. The summed E-state index contributed by atoms with van der Waals surface area (Å²) >= 11 is 0. The van der Waals surface area contributed by atoms with E-state index >= 15 is 0 Å². The van der Waals surface area contributed by atoms with Crippen LogP contribution in [0.5, 0.6) is 5.75 Å². The van der Waals surface area contributed by atoms with Gasteiger partial charge in [0, 0.05) is 11.7 Å². The average Bonchev–Trinajstić information content (AvgIpc) is 3.22. The van der Waals surface area contributed by atoms with Gasteiger partial charge in [-0.25, -0.2) is 0 Å². The normalized spacial score (nSPS) is 16.3. The summed E-state index contributed by atoms with van der Waals surface area (Å²) in [6.45, 7) is 5.96. The van der Waals surface area contributed by atoms with Gasteiger partial charge in [-0.15, -0.1) is 0 Å². The molecule has 1 aromatic rings. The second kappa shape index (κ2) is 9.47. The third-order valence-corrected chi connectivity index (χ3v) is 2.22. The van der Waals surface area contributed by atoms with Gasteiger partial charge in [0.25, 0.3) is 0 Å². The largest absolute Gasteiger partial charge is 0.491 e. The Morgan fingerprint density at radius 3 is 2.45 bits per heavy atom. The van der Waals surface area contributed by atoms with Gasteiger partial charge in [-0.1, -0.05) is 0 Å². The molecule has 1 aliphatic rings. The molecule has 0 aliphatic carbocycles. The number of aldehydes is 1. The molecule has 5 nitrogen and oxygen atoms in total. The second-order valence-electron chi connectivity index (χ2n) is 4.66. The van der Waals surface area contributed by atoms with Crippen LogP contribution >= 0.6 is 0 Å². The molecule has 2 rings (SSSR count). The lowest BCUT2D eigenvalue weighted by atomic mass is 10.2. The van der Waals surface area contributed by atoms with E-state index < -0.39 is 0 Å². The van der Waals surface area contributed by atoms with E-state index in [1.807, 2.05) is 0 Å². The first kappa shape index (κ1) is 16.6. The molecular weight excluding hydrogens is 260 g/mol. The van der Waals surface area contributed by atoms with Crippen LogP contribution in [-0.4, -0.2) is 50.0 Å². The first-order chi connectivity index (χ1) is 9.61. The molecule has 1 heterocycles. The van der Waals surface area contributed by atoms with E-state index in [0.29, 0.717) is 31.5 Å². The number of aliphatic hydroxyl groups is 1. The van der Waals surface area contributed by atoms with Gasteiger partial charge in [-0.05, 0) is 38.1 Å². The van der Waals surface area contributed by atoms with E-state index in [2.05, 4.69) is 0 Å². The van der Waals surface area contributed by atoms with Crippen molar-refractivity contribution in [2.45, 2.75) is 26.1 Å². The third kappa shape index (κ3) is 8.63. The summed E-state index contributed by atoms with van der Waals surface area (Å²) in [5, 5.41) is 8.06. The van der Waals surface area contributed by atoms with Crippen molar-refractivity contribution in [1.82, 2.24) is 0 Å². The molecule has 1 saturated heterocycles. The molecule has 112 valence electrons. The molecule has 1 unspecified atom stereocenters. The monoisotopic (exact) mass is 282 g/mol. The zero-order chi connectivity index (χ0) is 14.8. The van der Waals surface area contributed by atoms with Crippen LogP contribution in [-0.2, 0) is 9.47 Å². The van der Waals surface area contributed by atoms with E-state index in [1.165, 1.54) is 0 Å². The van der Waals surface area contributed by atoms with Crippen molar-refractivity contribution >= 4 is 6.29 Å². The van der Waals surface area contributed by atoms with Crippen molar-refractivity contribution in [2.75, 3.05) is 26.4 Å². The minimum absolute atomic E-state index is 0.167. The molecule has 0 radical (unpaired) electrons. The highest BCUT2D eigenvalue weighted by Crippen LogP contribution is 2.11. The zero-order valence-corrected chi connectivity index (χ0v) is 12.0. The summed E-state index contributed by atoms with van der Waals surface area (Å²) < 4.78 is 15.7. The summed E-state index contributed by atoms with van der Waals surface area (Å²) in [5.41, 5.74) is 0.648. The zero-order valence-electron chi connectivity index (χ0n) is 12.0. The minimum atomic E-state index is -0.167. The number of ether oxygens (including phenoxy) is 3. The van der Waals surface area contributed by atoms with E-state index in [-0.39, 0.29) is 6.10 Å². The highest BCUT2D eigenvalue weighted by Gasteiger charge is 2.21. The Morgan fingerprint density at radius 1 is 1.35 bits per heavy atom. The first-order valence-corrected chi connectivity index (χ1v) is 6.67. The molecule has 0 spiro atoms. The van der Waals surface area contributed by atoms with Crippen molar-refractivity contribution < 1.29 is 24.1 Å². The fraction of sp³-hybridized carbons (Fsp3) is 0.533. The summed E-state index contributed by atoms with van der Waals surface area (Å²) in [7, 11) is 0. The SMILES string of the molecule is CC(C)O.O=Cc1ccc(OCCOCC2CO2)cc1. The Kier molecular flexibility index (Phi) is 7.87. The van der Waals surface area contributed by atoms with Crippen LogP contribution in [0.2, 0.25) is 0 Å². The predicted octanol–water partition coefficient (Wildman–Crippen LogP) is 1.68. The number of rotatable bonds is 7. The summed E-state index contributed by atoms with van der Waals surface area (Å²) in [5.74, 6) is 0.747. The molecule has 1 aromatic carbocycles. The molecule has 1 atom stereocenters. The quantitative estimate of drug-likeness (QED) is 0.468. The van der Waals surface area contributed by atoms with Crippen LogP contribution in [0, 0.1) is 0 Å². The van der Waals surface area contributed by atoms with Crippen molar-refractivity contribution in [3.8, 4) is 5.75 Å². The van der Waals surface area contributed by atoms with Gasteiger partial charge in [0.15, 0.2) is 0 Å². The summed E-state index contributed by atoms with van der Waals surface area (Å²) in [6.07, 6.45) is 0.939. The van der Waals surface area contributed by atoms with Crippen molar-refractivity contribution in [3.05, 3.63) is 29.8 Å². The lowest BCUT2D eigenvalue weighted by Crippen LogP contribution is -2.10. The highest BCUT2D eigenvalue weighted by atomic mass is 16.6. The molecule has 0 bridgehead atoms. The second-order valence-corrected chi connectivity index (χ2v) is 4.66. The molecule has 1 fully saturated rings. The van der Waals surface area contributed by atoms with Gasteiger partial charge < -0.3 is 19.3 Å². The summed E-state index contributed by atoms with van der Waals surface area (Å²) in [6, 6.07) is 6.99. The smallest absolute Gasteiger partial charge is 0.150 e. The van der Waals surface area contributed by atoms with Gasteiger partial charge >= 0.3 is 0 Å². The molecule has 1 N–H and O–H groups in total. The minimum Gasteiger partial charge on any atom is -0.491 e. The standard InChI is InChI=1S/C12H14O4.C3H8O/c13-7-10-1-3-11(4-2-10)15-6-5-14-8-12-9-16-12;1-3(2)4/h1-4,7,12H,5-6,8-9H2;3-4H,1-2H3. The average molecular weight is 282 g/mol. The van der Waals surface area contributed by atoms with Gasteiger partial charge in [0.05, 0.1) is 19.8 Å². The van der Waals surface area contributed by atoms with E-state index in [9.17, 15) is 4.79 Å². The van der Waals surface area contributed by atoms with E-state index in [1.54, 1.807) is 38.1 Å². The number of carbonyl (C=O) groups excluding carboxylic acids is 1. The highest BCUT2D eigenvalue weighted by molar-refractivity contribution is 5.74. The Bertz CT molecular complexity index is 368. The predicted molar refractivity (Wildman–Crippen MR) is 75.2 cm³/mol. The molecule has 5 heteroatoms. The Hall–Kier alpha value is -1.43. The Labute approximate surface area is 119 Å². The lowest BCUT2D eigenvalue weighted by molar-refractivity contribution is 0.0878. The van der Waals surface area contributed by atoms with E-state index in [0.717, 1.165) is 18.6 Å². The molecule has 0 saturated carbocycles. The molecule has 0 amide bonds. The topological polar surface area (TPSA) is 68.3 Å². The molecular formula is C15H22O5. The number of hydrogen-bond acceptors (Lipinski definition) is 5. The van der Waals surface area contributed by atoms with Crippen molar-refractivity contribution in [3.63, 3.8) is 0 Å². The van der Waals surface area contributed by atoms with Gasteiger partial charge in [-0.2, -0.15) is 0 Å². The van der Waals surface area contributed by atoms with Crippen molar-refractivity contribution in [1.29, 1.82) is 0 Å². The number of epoxide rings is 1. The van der Waals surface area contributed by atoms with Crippen LogP contribution in [0.4, 0.5) is 0 Å². The molecule has 0 aromatic heterocycles. The third-order valence-electron chi connectivity index (χ3n) is 2.22. The molecule has 20 heavy (non-hydrogen) atoms. The number of aliphatic hydroxyl groups excluding tert-OH is 1. The number of benzene rings is 1. The number of carbonyl (C=O) groups is 1. The van der Waals surface area contributed by atoms with Crippen LogP contribution in [0.3, 0.4) is 0 Å². The number of hydrogen-bond donors (Lipinski definition) is 1. The van der Waals surface area contributed by atoms with Crippen LogP contribution < -0.4 is 4.74 Å². The van der Waals surface area contributed by atoms with E-state index in [4.69, 9.17) is 19.3 Å². The fourth-order valence-electron chi connectivity index (χ4n) is 1.24.